The number of nitrogens with zero attached hydrogens (tertiary/aromatic N) is 13. The number of benzene rings is 2. The summed E-state index contributed by atoms with van der Waals surface area (Å²) in [5.74, 6) is -0.187. The number of aromatic nitrogens is 7. The van der Waals surface area contributed by atoms with E-state index in [0.717, 1.165) is 239 Å². The van der Waals surface area contributed by atoms with Crippen LogP contribution in [0.5, 0.6) is 0 Å². The summed E-state index contributed by atoms with van der Waals surface area (Å²) in [7, 11) is 0. The summed E-state index contributed by atoms with van der Waals surface area (Å²) in [4.78, 5) is 87.8. The van der Waals surface area contributed by atoms with E-state index in [-0.39, 0.29) is 45.0 Å². The number of rotatable bonds is 68. The molecular weight excluding hydrogens is 2110 g/mol. The molecule has 0 bridgehead atoms. The van der Waals surface area contributed by atoms with Crippen LogP contribution in [-0.4, -0.2) is 112 Å². The Labute approximate surface area is 950 Å². The molecule has 17 nitrogen and oxygen atoms in total. The number of carbonyl (C=O) groups excluding carboxylic acids is 4. The Hall–Kier alpha value is -6.64. The third kappa shape index (κ3) is 28.4. The van der Waals surface area contributed by atoms with Crippen LogP contribution in [0.25, 0.3) is 129 Å². The van der Waals surface area contributed by atoms with Crippen molar-refractivity contribution >= 4 is 261 Å². The first-order valence-corrected chi connectivity index (χ1v) is 66.6. The van der Waals surface area contributed by atoms with Crippen molar-refractivity contribution in [1.29, 1.82) is 0 Å². The highest BCUT2D eigenvalue weighted by molar-refractivity contribution is 7.80. The second-order valence-electron chi connectivity index (χ2n) is 42.1. The monoisotopic (exact) mass is 2270 g/mol. The van der Waals surface area contributed by atoms with Crippen molar-refractivity contribution in [3.05, 3.63) is 88.2 Å². The predicted octanol–water partition coefficient (Wildman–Crippen LogP) is 39.8. The lowest BCUT2D eigenvalue weighted by molar-refractivity contribution is -0.135. The van der Waals surface area contributed by atoms with Crippen LogP contribution < -0.4 is 0 Å². The van der Waals surface area contributed by atoms with Crippen molar-refractivity contribution in [1.82, 2.24) is 51.6 Å². The molecule has 12 aromatic rings. The molecule has 30 heteroatoms. The van der Waals surface area contributed by atoms with Crippen molar-refractivity contribution in [2.45, 2.75) is 424 Å². The maximum absolute atomic E-state index is 15.0. The number of hydrogen-bond acceptors (Lipinski definition) is 22. The SMILES string of the molecule is CCCCCCCCCCCCc1cc(-c2c3c(c(-c4cc5c(s4)c4sc(-c6c7nsnc7c(-c7cc(CCCCCCCCCCCC)c(C=C8C(=O)N(CC)C(=S)N(CC)C8=O)s7)c7nc(-c8cc(Cl)c(CC(CCCCCC)CCCCCCCC)s8)c(-c8cc(Cl)c(CC(CCCCCC)CCCCCCCC)s8)nc67)cc4n5CC(CC)CCCC)c4nsnc24)N=S=N3)sc1C=C1C(=O)N(CC)C(=S)N(CC)C1=O. The molecular formula is C120H161Cl2N13O4S11. The fourth-order valence-corrected chi connectivity index (χ4v) is 32.9. The molecule has 3 aliphatic heterocycles. The van der Waals surface area contributed by atoms with Gasteiger partial charge in [-0.15, -0.1) is 68.0 Å². The molecule has 0 spiro atoms. The zero-order chi connectivity index (χ0) is 106. The number of fused-ring (bicyclic) bond motifs is 7. The zero-order valence-electron chi connectivity index (χ0n) is 91.3. The van der Waals surface area contributed by atoms with Gasteiger partial charge in [-0.1, -0.05) is 368 Å². The molecule has 3 unspecified atom stereocenters. The molecule has 2 saturated heterocycles. The predicted molar refractivity (Wildman–Crippen MR) is 659 cm³/mol. The van der Waals surface area contributed by atoms with Crippen LogP contribution in [-0.2, 0) is 62.8 Å². The molecule has 2 fully saturated rings. The molecule has 3 aliphatic rings. The fraction of sp³-hybridized carbons (Fsp3) is 0.600. The molecule has 4 amide bonds. The third-order valence-electron chi connectivity index (χ3n) is 31.2. The van der Waals surface area contributed by atoms with Crippen molar-refractivity contribution in [2.24, 2.45) is 26.5 Å². The largest absolute Gasteiger partial charge is 0.339 e. The smallest absolute Gasteiger partial charge is 0.265 e. The van der Waals surface area contributed by atoms with Gasteiger partial charge in [-0.2, -0.15) is 26.2 Å². The molecule has 0 saturated carbocycles. The van der Waals surface area contributed by atoms with Crippen LogP contribution in [0.2, 0.25) is 10.0 Å². The number of unbranched alkanes of at least 4 members (excludes halogenated alkanes) is 35. The molecule has 10 aromatic heterocycles. The average molecular weight is 2270 g/mol. The maximum atomic E-state index is 15.0. The Bertz CT molecular complexity index is 6670. The minimum absolute atomic E-state index is 0.101. The van der Waals surface area contributed by atoms with Gasteiger partial charge < -0.3 is 4.57 Å². The van der Waals surface area contributed by atoms with E-state index < -0.39 is 0 Å². The van der Waals surface area contributed by atoms with Gasteiger partial charge in [-0.25, -0.2) is 9.97 Å². The Balaban J connectivity index is 0.939. The van der Waals surface area contributed by atoms with Crippen LogP contribution in [0.4, 0.5) is 11.4 Å². The standard InChI is InChI=1S/C120H161Cl2N13O4S11/c1-13-25-32-38-42-44-46-48-52-58-65-81-69-93(142-89(81)71-83-115(136)131(21-9)119(140)132(22-10)116(83)137)99-105-106(124-104(98-74-86(122)92(145-98)68-80(62-55-37-30-18-6)64-57-51-41-35-28-16-4)103(123-105)97-73-85(121)91(144-97)67-79(61-54-36-29-17-5)63-56-50-40-34-27-15-3)100(108-107(99)125-148-126-108)95-75-87-113(146-95)114-88(135(87)77-78(20-8)60-31-19-7)76-96(147-114)102-111-109(127-149-129-111)101(110-112(102)130-150-128-110)94-70-82(66-59-53-49-47-45-43-39-33-26-14-2)90(143-94)72-84-117(138)133(23-11)120(141)134(24-12)118(84)139/h69-76,78-80H,13-68,77H2,1-12H3. The lowest BCUT2D eigenvalue weighted by Gasteiger charge is -2.35. The lowest BCUT2D eigenvalue weighted by atomic mass is 9.91. The van der Waals surface area contributed by atoms with E-state index >= 15 is 9.59 Å². The molecule has 0 aliphatic carbocycles. The first-order valence-electron chi connectivity index (χ1n) is 57.9. The highest BCUT2D eigenvalue weighted by Crippen LogP contribution is 2.59. The lowest BCUT2D eigenvalue weighted by Crippen LogP contribution is -2.55. The van der Waals surface area contributed by atoms with E-state index in [1.54, 1.807) is 87.6 Å². The van der Waals surface area contributed by atoms with Crippen molar-refractivity contribution < 1.29 is 19.2 Å². The van der Waals surface area contributed by atoms with E-state index in [2.05, 4.69) is 96.4 Å². The van der Waals surface area contributed by atoms with Crippen LogP contribution in [0, 0.1) is 17.8 Å². The molecule has 810 valence electrons. The Morgan fingerprint density at radius 2 is 0.627 bits per heavy atom. The summed E-state index contributed by atoms with van der Waals surface area (Å²) < 4.78 is 37.0. The summed E-state index contributed by atoms with van der Waals surface area (Å²) in [5, 5.41) is 2.01. The number of aryl methyl sites for hydroxylation is 2. The van der Waals surface area contributed by atoms with Crippen LogP contribution in [0.3, 0.4) is 0 Å². The Kier molecular flexibility index (Phi) is 46.2. The van der Waals surface area contributed by atoms with Gasteiger partial charge in [0.05, 0.1) is 75.0 Å². The second kappa shape index (κ2) is 59.1. The van der Waals surface area contributed by atoms with Gasteiger partial charge in [0.25, 0.3) is 23.6 Å². The van der Waals surface area contributed by atoms with Gasteiger partial charge in [0.2, 0.25) is 0 Å². The molecule has 15 rings (SSSR count). The third-order valence-corrected chi connectivity index (χ3v) is 41.6. The summed E-state index contributed by atoms with van der Waals surface area (Å²) in [5.41, 5.74) is 15.4. The number of amides is 4. The summed E-state index contributed by atoms with van der Waals surface area (Å²) in [6.07, 6.45) is 64.7. The molecule has 0 N–H and O–H groups in total. The number of thiophene rings is 6. The highest BCUT2D eigenvalue weighted by atomic mass is 35.5. The summed E-state index contributed by atoms with van der Waals surface area (Å²) in [6.45, 7) is 28.2. The van der Waals surface area contributed by atoms with Crippen LogP contribution in [0.15, 0.2) is 56.3 Å². The van der Waals surface area contributed by atoms with Crippen molar-refractivity contribution in [2.75, 3.05) is 26.2 Å². The molecule has 2 aromatic carbocycles. The van der Waals surface area contributed by atoms with Crippen molar-refractivity contribution in [3.63, 3.8) is 0 Å². The Morgan fingerprint density at radius 1 is 0.327 bits per heavy atom. The topological polar surface area (TPSA) is 188 Å². The maximum Gasteiger partial charge on any atom is 0.265 e. The number of halogens is 2. The Morgan fingerprint density at radius 3 is 0.967 bits per heavy atom. The first-order chi connectivity index (χ1) is 73.3. The minimum atomic E-state index is -0.384. The number of likely N-dealkylation sites (N-methyl/N-ethyl adjacent to an activating group) is 4. The van der Waals surface area contributed by atoms with Gasteiger partial charge in [0, 0.05) is 94.0 Å². The normalized spacial score (nSPS) is 14.3. The molecule has 3 atom stereocenters. The van der Waals surface area contributed by atoms with Crippen LogP contribution >= 0.6 is 139 Å². The quantitative estimate of drug-likeness (QED) is 0.0152. The van der Waals surface area contributed by atoms with Gasteiger partial charge in [0.15, 0.2) is 10.2 Å². The number of thiocarbonyl (C=S) groups is 2. The minimum Gasteiger partial charge on any atom is -0.339 e. The fourth-order valence-electron chi connectivity index (χ4n) is 22.4. The van der Waals surface area contributed by atoms with E-state index in [1.165, 1.54) is 289 Å². The second-order valence-corrected chi connectivity index (χ2v) is 51.8. The first kappa shape index (κ1) is 117. The zero-order valence-corrected chi connectivity index (χ0v) is 102. The van der Waals surface area contributed by atoms with E-state index in [9.17, 15) is 9.59 Å². The van der Waals surface area contributed by atoms with Crippen LogP contribution in [0.1, 0.15) is 422 Å². The van der Waals surface area contributed by atoms with Gasteiger partial charge in [-0.05, 0) is 175 Å². The van der Waals surface area contributed by atoms with E-state index in [4.69, 9.17) is 83.8 Å². The van der Waals surface area contributed by atoms with E-state index in [0.29, 0.717) is 60.5 Å². The highest BCUT2D eigenvalue weighted by Gasteiger charge is 2.42. The number of hydrogen-bond donors (Lipinski definition) is 0. The molecule has 0 radical (unpaired) electrons. The van der Waals surface area contributed by atoms with Gasteiger partial charge in [-0.3, -0.25) is 38.8 Å². The van der Waals surface area contributed by atoms with Gasteiger partial charge >= 0.3 is 0 Å². The molecule has 150 heavy (non-hydrogen) atoms. The van der Waals surface area contributed by atoms with Gasteiger partial charge in [0.1, 0.15) is 67.0 Å². The molecule has 13 heterocycles. The van der Waals surface area contributed by atoms with E-state index in [1.807, 2.05) is 39.8 Å². The average Bonchev–Trinajstić information content (AvgIpc) is 1.53. The van der Waals surface area contributed by atoms with Crippen molar-refractivity contribution in [3.8, 4) is 62.9 Å². The summed E-state index contributed by atoms with van der Waals surface area (Å²) >= 11 is 41.5. The summed E-state index contributed by atoms with van der Waals surface area (Å²) in [6, 6.07) is 13.8. The number of carbonyl (C=O) groups is 4.